The van der Waals surface area contributed by atoms with Gasteiger partial charge in [-0.1, -0.05) is 152 Å². The number of aromatic nitrogens is 5. The number of nitrogens with zero attached hydrogens (tertiary/aromatic N) is 5. The van der Waals surface area contributed by atoms with Gasteiger partial charge in [-0.3, -0.25) is 0 Å². The van der Waals surface area contributed by atoms with E-state index < -0.39 is 0 Å². The SMILES string of the molecule is c1ccc(-c2nc(-c3ccccc3)nc(-c3cc(-n4c5ccccc5c5c6c7ccccc7n(-c7ccc8ccccc8c7)c6ccc54)cc4ccccc34)n2)cc1. The molecular formula is C53H33N5. The third-order valence-corrected chi connectivity index (χ3v) is 11.5. The van der Waals surface area contributed by atoms with Crippen molar-refractivity contribution < 1.29 is 0 Å². The van der Waals surface area contributed by atoms with E-state index in [4.69, 9.17) is 15.0 Å². The third kappa shape index (κ3) is 5.00. The summed E-state index contributed by atoms with van der Waals surface area (Å²) >= 11 is 0. The second-order valence-corrected chi connectivity index (χ2v) is 14.8. The van der Waals surface area contributed by atoms with E-state index in [9.17, 15) is 0 Å². The standard InChI is InChI=1S/C53H33N5/c1-3-16-35(17-4-1)51-54-52(36-18-5-2-6-19-36)56-53(55-51)44-33-40(32-38-21-9-10-22-41(38)44)58-46-26-14-12-24-43(46)50-48(58)30-29-47-49(50)42-23-11-13-25-45(42)57(47)39-28-27-34-15-7-8-20-37(34)31-39/h1-33H. The fourth-order valence-corrected chi connectivity index (χ4v) is 8.93. The van der Waals surface area contributed by atoms with Crippen LogP contribution in [0.2, 0.25) is 0 Å². The minimum absolute atomic E-state index is 0.632. The Kier molecular flexibility index (Phi) is 7.16. The molecule has 3 heterocycles. The molecule has 9 aromatic carbocycles. The van der Waals surface area contributed by atoms with Crippen LogP contribution >= 0.6 is 0 Å². The molecule has 270 valence electrons. The van der Waals surface area contributed by atoms with Crippen LogP contribution in [0.25, 0.3) is 111 Å². The second-order valence-electron chi connectivity index (χ2n) is 14.8. The maximum Gasteiger partial charge on any atom is 0.164 e. The third-order valence-electron chi connectivity index (χ3n) is 11.5. The summed E-state index contributed by atoms with van der Waals surface area (Å²) in [4.78, 5) is 15.4. The summed E-state index contributed by atoms with van der Waals surface area (Å²) < 4.78 is 4.84. The van der Waals surface area contributed by atoms with Crippen molar-refractivity contribution in [1.29, 1.82) is 0 Å². The highest BCUT2D eigenvalue weighted by Crippen LogP contribution is 2.43. The molecular weight excluding hydrogens is 707 g/mol. The van der Waals surface area contributed by atoms with Crippen molar-refractivity contribution in [2.75, 3.05) is 0 Å². The summed E-state index contributed by atoms with van der Waals surface area (Å²) in [7, 11) is 0. The Morgan fingerprint density at radius 3 is 1.38 bits per heavy atom. The molecule has 58 heavy (non-hydrogen) atoms. The van der Waals surface area contributed by atoms with Crippen LogP contribution < -0.4 is 0 Å². The van der Waals surface area contributed by atoms with Crippen LogP contribution in [0.15, 0.2) is 200 Å². The van der Waals surface area contributed by atoms with Crippen molar-refractivity contribution in [3.05, 3.63) is 200 Å². The normalized spacial score (nSPS) is 11.8. The zero-order valence-electron chi connectivity index (χ0n) is 31.3. The van der Waals surface area contributed by atoms with Crippen molar-refractivity contribution in [1.82, 2.24) is 24.1 Å². The molecule has 0 spiro atoms. The van der Waals surface area contributed by atoms with Crippen molar-refractivity contribution in [3.63, 3.8) is 0 Å². The molecule has 0 fully saturated rings. The van der Waals surface area contributed by atoms with Crippen LogP contribution in [0, 0.1) is 0 Å². The zero-order chi connectivity index (χ0) is 38.2. The molecule has 0 aliphatic rings. The summed E-state index contributed by atoms with van der Waals surface area (Å²) in [6, 6.07) is 71.0. The Labute approximate surface area is 333 Å². The fraction of sp³-hybridized carbons (Fsp3) is 0. The summed E-state index contributed by atoms with van der Waals surface area (Å²) in [6.07, 6.45) is 0. The first-order valence-electron chi connectivity index (χ1n) is 19.6. The van der Waals surface area contributed by atoms with E-state index in [1.165, 1.54) is 43.4 Å². The fourth-order valence-electron chi connectivity index (χ4n) is 8.93. The minimum Gasteiger partial charge on any atom is -0.309 e. The second kappa shape index (κ2) is 12.8. The Hall–Kier alpha value is -7.89. The first-order valence-corrected chi connectivity index (χ1v) is 19.6. The van der Waals surface area contributed by atoms with Crippen molar-refractivity contribution in [2.24, 2.45) is 0 Å². The molecule has 5 nitrogen and oxygen atoms in total. The van der Waals surface area contributed by atoms with Gasteiger partial charge in [0.2, 0.25) is 0 Å². The molecule has 0 radical (unpaired) electrons. The van der Waals surface area contributed by atoms with Gasteiger partial charge in [0.05, 0.1) is 22.1 Å². The van der Waals surface area contributed by atoms with Crippen LogP contribution in [0.3, 0.4) is 0 Å². The van der Waals surface area contributed by atoms with E-state index >= 15 is 0 Å². The molecule has 0 saturated carbocycles. The summed E-state index contributed by atoms with van der Waals surface area (Å²) in [5, 5.41) is 9.56. The zero-order valence-corrected chi connectivity index (χ0v) is 31.3. The minimum atomic E-state index is 0.632. The van der Waals surface area contributed by atoms with Gasteiger partial charge in [-0.15, -0.1) is 0 Å². The summed E-state index contributed by atoms with van der Waals surface area (Å²) in [5.74, 6) is 1.91. The van der Waals surface area contributed by atoms with Crippen molar-refractivity contribution in [2.45, 2.75) is 0 Å². The average molecular weight is 740 g/mol. The Morgan fingerprint density at radius 1 is 0.293 bits per heavy atom. The van der Waals surface area contributed by atoms with Crippen molar-refractivity contribution >= 4 is 65.2 Å². The lowest BCUT2D eigenvalue weighted by molar-refractivity contribution is 1.07. The van der Waals surface area contributed by atoms with Gasteiger partial charge in [0.15, 0.2) is 17.5 Å². The quantitative estimate of drug-likeness (QED) is 0.177. The van der Waals surface area contributed by atoms with Gasteiger partial charge in [-0.2, -0.15) is 0 Å². The van der Waals surface area contributed by atoms with Gasteiger partial charge >= 0.3 is 0 Å². The lowest BCUT2D eigenvalue weighted by Gasteiger charge is -2.14. The maximum absolute atomic E-state index is 5.19. The van der Waals surface area contributed by atoms with Crippen LogP contribution in [-0.4, -0.2) is 24.1 Å². The first-order chi connectivity index (χ1) is 28.8. The molecule has 0 aliphatic carbocycles. The molecule has 0 amide bonds. The van der Waals surface area contributed by atoms with Gasteiger partial charge < -0.3 is 9.13 Å². The number of hydrogen-bond acceptors (Lipinski definition) is 3. The van der Waals surface area contributed by atoms with E-state index in [0.29, 0.717) is 17.5 Å². The highest BCUT2D eigenvalue weighted by molar-refractivity contribution is 6.29. The first kappa shape index (κ1) is 32.4. The van der Waals surface area contributed by atoms with E-state index in [0.717, 1.165) is 49.9 Å². The smallest absolute Gasteiger partial charge is 0.164 e. The largest absolute Gasteiger partial charge is 0.309 e. The predicted octanol–water partition coefficient (Wildman–Crippen LogP) is 13.4. The number of para-hydroxylation sites is 2. The molecule has 0 saturated heterocycles. The van der Waals surface area contributed by atoms with Crippen LogP contribution in [-0.2, 0) is 0 Å². The van der Waals surface area contributed by atoms with Crippen LogP contribution in [0.5, 0.6) is 0 Å². The molecule has 0 bridgehead atoms. The van der Waals surface area contributed by atoms with Gasteiger partial charge in [0.25, 0.3) is 0 Å². The van der Waals surface area contributed by atoms with Gasteiger partial charge in [-0.25, -0.2) is 15.0 Å². The molecule has 3 aromatic heterocycles. The average Bonchev–Trinajstić information content (AvgIpc) is 3.82. The number of hydrogen-bond donors (Lipinski definition) is 0. The van der Waals surface area contributed by atoms with Crippen LogP contribution in [0.4, 0.5) is 0 Å². The van der Waals surface area contributed by atoms with Gasteiger partial charge in [0.1, 0.15) is 0 Å². The maximum atomic E-state index is 5.19. The summed E-state index contributed by atoms with van der Waals surface area (Å²) in [6.45, 7) is 0. The number of rotatable bonds is 5. The molecule has 0 aliphatic heterocycles. The molecule has 0 N–H and O–H groups in total. The highest BCUT2D eigenvalue weighted by atomic mass is 15.0. The molecule has 12 rings (SSSR count). The highest BCUT2D eigenvalue weighted by Gasteiger charge is 2.22. The molecule has 0 unspecified atom stereocenters. The molecule has 5 heteroatoms. The van der Waals surface area contributed by atoms with E-state index in [2.05, 4.69) is 173 Å². The van der Waals surface area contributed by atoms with Crippen LogP contribution in [0.1, 0.15) is 0 Å². The van der Waals surface area contributed by atoms with Crippen molar-refractivity contribution in [3.8, 4) is 45.5 Å². The predicted molar refractivity (Wildman–Crippen MR) is 240 cm³/mol. The number of fused-ring (bicyclic) bond motifs is 9. The molecule has 12 aromatic rings. The lowest BCUT2D eigenvalue weighted by Crippen LogP contribution is -2.02. The lowest BCUT2D eigenvalue weighted by atomic mass is 10.0. The Morgan fingerprint density at radius 2 is 0.759 bits per heavy atom. The van der Waals surface area contributed by atoms with Gasteiger partial charge in [0, 0.05) is 49.6 Å². The monoisotopic (exact) mass is 739 g/mol. The van der Waals surface area contributed by atoms with E-state index in [1.54, 1.807) is 0 Å². The topological polar surface area (TPSA) is 48.5 Å². The van der Waals surface area contributed by atoms with E-state index in [1.807, 2.05) is 36.4 Å². The number of benzene rings is 9. The molecule has 0 atom stereocenters. The Bertz CT molecular complexity index is 3510. The summed E-state index contributed by atoms with van der Waals surface area (Å²) in [5.41, 5.74) is 9.67. The Balaban J connectivity index is 1.14. The van der Waals surface area contributed by atoms with E-state index in [-0.39, 0.29) is 0 Å². The van der Waals surface area contributed by atoms with Gasteiger partial charge in [-0.05, 0) is 70.1 Å².